The van der Waals surface area contributed by atoms with Gasteiger partial charge in [-0.05, 0) is 41.0 Å². The predicted octanol–water partition coefficient (Wildman–Crippen LogP) is 3.84. The number of hydrogen-bond acceptors (Lipinski definition) is 4. The molecule has 3 aromatic rings. The van der Waals surface area contributed by atoms with Crippen LogP contribution in [0.5, 0.6) is 5.75 Å². The molecule has 0 aliphatic carbocycles. The van der Waals surface area contributed by atoms with Crippen molar-refractivity contribution in [2.24, 2.45) is 5.92 Å². The molecule has 1 fully saturated rings. The van der Waals surface area contributed by atoms with E-state index in [0.29, 0.717) is 24.9 Å². The van der Waals surface area contributed by atoms with Crippen molar-refractivity contribution in [3.05, 3.63) is 71.8 Å². The number of carbonyl (C=O) groups excluding carboxylic acids is 2. The maximum absolute atomic E-state index is 12.9. The van der Waals surface area contributed by atoms with Gasteiger partial charge in [-0.2, -0.15) is 0 Å². The number of aldehydes is 1. The van der Waals surface area contributed by atoms with Crippen LogP contribution < -0.4 is 4.90 Å². The molecule has 5 nitrogen and oxygen atoms in total. The lowest BCUT2D eigenvalue weighted by atomic mass is 10.0. The van der Waals surface area contributed by atoms with Gasteiger partial charge in [0.2, 0.25) is 5.91 Å². The molecule has 148 valence electrons. The fourth-order valence-corrected chi connectivity index (χ4v) is 4.09. The Morgan fingerprint density at radius 2 is 1.97 bits per heavy atom. The van der Waals surface area contributed by atoms with Gasteiger partial charge in [-0.1, -0.05) is 42.5 Å². The molecular formula is C24H24N2O3. The van der Waals surface area contributed by atoms with Crippen LogP contribution >= 0.6 is 0 Å². The number of hydrogen-bond donors (Lipinski definition) is 1. The molecule has 1 saturated heterocycles. The number of amides is 1. The Kier molecular flexibility index (Phi) is 5.21. The van der Waals surface area contributed by atoms with E-state index in [2.05, 4.69) is 4.90 Å². The lowest BCUT2D eigenvalue weighted by Crippen LogP contribution is -2.34. The van der Waals surface area contributed by atoms with Gasteiger partial charge >= 0.3 is 0 Å². The molecule has 0 bridgehead atoms. The number of phenols is 1. The summed E-state index contributed by atoms with van der Waals surface area (Å²) < 4.78 is 0. The van der Waals surface area contributed by atoms with E-state index in [0.717, 1.165) is 35.0 Å². The largest absolute Gasteiger partial charge is 0.507 e. The molecule has 1 aliphatic heterocycles. The van der Waals surface area contributed by atoms with E-state index < -0.39 is 0 Å². The van der Waals surface area contributed by atoms with Gasteiger partial charge in [0.15, 0.2) is 6.29 Å². The van der Waals surface area contributed by atoms with Crippen LogP contribution in [-0.4, -0.2) is 42.3 Å². The van der Waals surface area contributed by atoms with E-state index in [4.69, 9.17) is 0 Å². The van der Waals surface area contributed by atoms with Crippen LogP contribution in [0.4, 0.5) is 5.69 Å². The number of carbonyl (C=O) groups is 2. The summed E-state index contributed by atoms with van der Waals surface area (Å²) in [6.45, 7) is 2.12. The molecule has 1 atom stereocenters. The normalized spacial score (nSPS) is 16.2. The van der Waals surface area contributed by atoms with Crippen LogP contribution in [0, 0.1) is 5.92 Å². The zero-order valence-corrected chi connectivity index (χ0v) is 16.4. The fourth-order valence-electron chi connectivity index (χ4n) is 4.09. The average Bonchev–Trinajstić information content (AvgIpc) is 3.24. The van der Waals surface area contributed by atoms with E-state index in [-0.39, 0.29) is 17.6 Å². The monoisotopic (exact) mass is 388 g/mol. The zero-order chi connectivity index (χ0) is 20.4. The van der Waals surface area contributed by atoms with Crippen LogP contribution in [0.2, 0.25) is 0 Å². The van der Waals surface area contributed by atoms with Gasteiger partial charge in [0, 0.05) is 32.4 Å². The zero-order valence-electron chi connectivity index (χ0n) is 16.4. The first-order valence-corrected chi connectivity index (χ1v) is 9.81. The Labute approximate surface area is 170 Å². The minimum atomic E-state index is -0.0234. The molecule has 5 heteroatoms. The highest BCUT2D eigenvalue weighted by molar-refractivity contribution is 6.01. The van der Waals surface area contributed by atoms with Crippen molar-refractivity contribution >= 4 is 28.7 Å². The molecule has 1 amide bonds. The molecule has 0 aromatic heterocycles. The predicted molar refractivity (Wildman–Crippen MR) is 114 cm³/mol. The highest BCUT2D eigenvalue weighted by atomic mass is 16.3. The second kappa shape index (κ2) is 7.95. The molecule has 1 unspecified atom stereocenters. The van der Waals surface area contributed by atoms with Gasteiger partial charge in [-0.15, -0.1) is 0 Å². The summed E-state index contributed by atoms with van der Waals surface area (Å²) in [5, 5.41) is 11.5. The van der Waals surface area contributed by atoms with Crippen LogP contribution in [-0.2, 0) is 11.3 Å². The van der Waals surface area contributed by atoms with Crippen LogP contribution in [0.25, 0.3) is 10.8 Å². The Bertz CT molecular complexity index is 1050. The van der Waals surface area contributed by atoms with Crippen molar-refractivity contribution in [3.8, 4) is 5.75 Å². The molecule has 1 heterocycles. The van der Waals surface area contributed by atoms with Crippen LogP contribution in [0.15, 0.2) is 60.7 Å². The molecule has 4 rings (SSSR count). The summed E-state index contributed by atoms with van der Waals surface area (Å²) >= 11 is 0. The van der Waals surface area contributed by atoms with Gasteiger partial charge in [0.25, 0.3) is 0 Å². The molecule has 0 radical (unpaired) electrons. The Morgan fingerprint density at radius 1 is 1.17 bits per heavy atom. The summed E-state index contributed by atoms with van der Waals surface area (Å²) in [5.74, 6) is 0.142. The van der Waals surface area contributed by atoms with E-state index in [9.17, 15) is 14.7 Å². The lowest BCUT2D eigenvalue weighted by molar-refractivity contribution is -0.134. The first-order chi connectivity index (χ1) is 14.1. The first-order valence-electron chi connectivity index (χ1n) is 9.81. The van der Waals surface area contributed by atoms with Crippen molar-refractivity contribution in [1.29, 1.82) is 0 Å². The quantitative estimate of drug-likeness (QED) is 0.675. The topological polar surface area (TPSA) is 60.9 Å². The molecule has 1 aliphatic rings. The van der Waals surface area contributed by atoms with Crippen molar-refractivity contribution in [1.82, 2.24) is 4.90 Å². The van der Waals surface area contributed by atoms with Crippen molar-refractivity contribution in [2.75, 3.05) is 25.0 Å². The summed E-state index contributed by atoms with van der Waals surface area (Å²) in [4.78, 5) is 28.2. The summed E-state index contributed by atoms with van der Waals surface area (Å²) in [7, 11) is 1.86. The number of anilines is 1. The fraction of sp³-hybridized carbons (Fsp3) is 0.250. The van der Waals surface area contributed by atoms with E-state index in [1.54, 1.807) is 6.07 Å². The number of nitrogens with zero attached hydrogens (tertiary/aromatic N) is 2. The number of aromatic hydroxyl groups is 1. The van der Waals surface area contributed by atoms with Crippen molar-refractivity contribution in [2.45, 2.75) is 13.0 Å². The lowest BCUT2D eigenvalue weighted by Gasteiger charge is -2.23. The summed E-state index contributed by atoms with van der Waals surface area (Å²) in [6, 6.07) is 19.2. The van der Waals surface area contributed by atoms with Gasteiger partial charge in [-0.3, -0.25) is 9.59 Å². The highest BCUT2D eigenvalue weighted by Crippen LogP contribution is 2.31. The Morgan fingerprint density at radius 3 is 2.72 bits per heavy atom. The first kappa shape index (κ1) is 19.0. The molecular weight excluding hydrogens is 364 g/mol. The number of benzene rings is 3. The summed E-state index contributed by atoms with van der Waals surface area (Å²) in [5.41, 5.74) is 2.47. The minimum absolute atomic E-state index is 0.00598. The highest BCUT2D eigenvalue weighted by Gasteiger charge is 2.30. The van der Waals surface area contributed by atoms with E-state index in [1.807, 2.05) is 66.5 Å². The van der Waals surface area contributed by atoms with Gasteiger partial charge in [0.1, 0.15) is 5.75 Å². The molecule has 3 aromatic carbocycles. The molecule has 1 N–H and O–H groups in total. The number of rotatable bonds is 5. The SMILES string of the molecule is CN(Cc1ccccc1)C(=O)C1CCN(c2ccc3c(C=O)c(O)ccc3c2)C1. The van der Waals surface area contributed by atoms with Gasteiger partial charge < -0.3 is 14.9 Å². The van der Waals surface area contributed by atoms with Crippen LogP contribution in [0.1, 0.15) is 22.3 Å². The van der Waals surface area contributed by atoms with Crippen LogP contribution in [0.3, 0.4) is 0 Å². The van der Waals surface area contributed by atoms with Gasteiger partial charge in [0.05, 0.1) is 11.5 Å². The third-order valence-electron chi connectivity index (χ3n) is 5.68. The maximum atomic E-state index is 12.9. The third kappa shape index (κ3) is 3.81. The Hall–Kier alpha value is -3.34. The van der Waals surface area contributed by atoms with Crippen molar-refractivity contribution in [3.63, 3.8) is 0 Å². The third-order valence-corrected chi connectivity index (χ3v) is 5.68. The summed E-state index contributed by atoms with van der Waals surface area (Å²) in [6.07, 6.45) is 1.51. The van der Waals surface area contributed by atoms with Gasteiger partial charge in [-0.25, -0.2) is 0 Å². The molecule has 0 saturated carbocycles. The maximum Gasteiger partial charge on any atom is 0.227 e. The van der Waals surface area contributed by atoms with Crippen molar-refractivity contribution < 1.29 is 14.7 Å². The van der Waals surface area contributed by atoms with E-state index in [1.165, 1.54) is 0 Å². The average molecular weight is 388 g/mol. The minimum Gasteiger partial charge on any atom is -0.507 e. The standard InChI is InChI=1S/C24H24N2O3/c1-25(14-17-5-3-2-4-6-17)24(29)19-11-12-26(15-19)20-8-9-21-18(13-20)7-10-23(28)22(21)16-27/h2-10,13,16,19,28H,11-12,14-15H2,1H3. The second-order valence-electron chi connectivity index (χ2n) is 7.63. The smallest absolute Gasteiger partial charge is 0.227 e. The Balaban J connectivity index is 1.47. The van der Waals surface area contributed by atoms with E-state index >= 15 is 0 Å². The molecule has 0 spiro atoms. The number of fused-ring (bicyclic) bond motifs is 1. The molecule has 29 heavy (non-hydrogen) atoms. The number of phenolic OH excluding ortho intramolecular Hbond substituents is 1. The second-order valence-corrected chi connectivity index (χ2v) is 7.63.